The van der Waals surface area contributed by atoms with E-state index in [2.05, 4.69) is 46.9 Å². The number of nitrogens with two attached hydrogens (primary N) is 1. The quantitative estimate of drug-likeness (QED) is 0.568. The number of anilines is 1. The van der Waals surface area contributed by atoms with E-state index < -0.39 is 0 Å². The highest BCUT2D eigenvalue weighted by Gasteiger charge is 2.09. The topological polar surface area (TPSA) is 57.0 Å². The number of benzene rings is 2. The molecule has 4 nitrogen and oxygen atoms in total. The first-order valence-electron chi connectivity index (χ1n) is 6.90. The Bertz CT molecular complexity index is 949. The normalized spacial score (nSPS) is 11.5. The van der Waals surface area contributed by atoms with E-state index in [9.17, 15) is 0 Å². The van der Waals surface area contributed by atoms with Crippen LogP contribution in [0.25, 0.3) is 22.0 Å². The van der Waals surface area contributed by atoms with Crippen LogP contribution in [-0.4, -0.2) is 9.55 Å². The number of hydrogen-bond donors (Lipinski definition) is 1. The lowest BCUT2D eigenvalue weighted by atomic mass is 10.1. The van der Waals surface area contributed by atoms with Crippen LogP contribution in [0, 0.1) is 6.92 Å². The number of rotatable bonds is 2. The summed E-state index contributed by atoms with van der Waals surface area (Å²) in [5, 5.41) is 1.26. The Labute approximate surface area is 121 Å². The largest absolute Gasteiger partial charge is 0.439 e. The lowest BCUT2D eigenvalue weighted by Gasteiger charge is -2.02. The van der Waals surface area contributed by atoms with Gasteiger partial charge in [-0.1, -0.05) is 12.1 Å². The van der Waals surface area contributed by atoms with Crippen molar-refractivity contribution in [3.05, 3.63) is 60.1 Å². The molecule has 2 N–H and O–H groups in total. The lowest BCUT2D eigenvalue weighted by molar-refractivity contribution is 0.513. The average Bonchev–Trinajstić information content (AvgIpc) is 3.04. The van der Waals surface area contributed by atoms with Gasteiger partial charge in [-0.25, -0.2) is 4.98 Å². The standard InChI is InChI=1S/C17H15N3O/c1-11-3-2-4-15-13(11)7-8-20(15)10-17-19-14-9-12(18)5-6-16(14)21-17/h2-9H,10,18H2,1H3. The van der Waals surface area contributed by atoms with Gasteiger partial charge in [-0.15, -0.1) is 0 Å². The summed E-state index contributed by atoms with van der Waals surface area (Å²) in [7, 11) is 0. The number of fused-ring (bicyclic) bond motifs is 2. The molecule has 0 saturated carbocycles. The molecular formula is C17H15N3O. The van der Waals surface area contributed by atoms with Gasteiger partial charge in [0.25, 0.3) is 0 Å². The maximum Gasteiger partial charge on any atom is 0.215 e. The summed E-state index contributed by atoms with van der Waals surface area (Å²) in [6, 6.07) is 14.0. The number of hydrogen-bond acceptors (Lipinski definition) is 3. The smallest absolute Gasteiger partial charge is 0.215 e. The summed E-state index contributed by atoms with van der Waals surface area (Å²) in [4.78, 5) is 4.51. The predicted octanol–water partition coefficient (Wildman–Crippen LogP) is 3.72. The maximum atomic E-state index is 5.79. The van der Waals surface area contributed by atoms with Crippen LogP contribution in [0.1, 0.15) is 11.5 Å². The molecule has 0 saturated heterocycles. The summed E-state index contributed by atoms with van der Waals surface area (Å²) in [6.45, 7) is 2.73. The van der Waals surface area contributed by atoms with E-state index in [0.717, 1.165) is 11.1 Å². The minimum absolute atomic E-state index is 0.613. The third-order valence-corrected chi connectivity index (χ3v) is 3.79. The molecule has 4 aromatic rings. The Morgan fingerprint density at radius 3 is 3.00 bits per heavy atom. The molecule has 0 spiro atoms. The second kappa shape index (κ2) is 4.38. The first-order chi connectivity index (χ1) is 10.2. The summed E-state index contributed by atoms with van der Waals surface area (Å²) in [5.41, 5.74) is 10.5. The van der Waals surface area contributed by atoms with Gasteiger partial charge in [0.1, 0.15) is 5.52 Å². The summed E-state index contributed by atoms with van der Waals surface area (Å²) < 4.78 is 7.94. The van der Waals surface area contributed by atoms with Gasteiger partial charge in [-0.2, -0.15) is 0 Å². The maximum absolute atomic E-state index is 5.79. The SMILES string of the molecule is Cc1cccc2c1ccn2Cc1nc2cc(N)ccc2o1. The number of aromatic nitrogens is 2. The molecule has 0 radical (unpaired) electrons. The molecule has 0 aliphatic carbocycles. The summed E-state index contributed by atoms with van der Waals surface area (Å²) >= 11 is 0. The fourth-order valence-electron chi connectivity index (χ4n) is 2.72. The Balaban J connectivity index is 1.77. The minimum atomic E-state index is 0.613. The first-order valence-corrected chi connectivity index (χ1v) is 6.90. The highest BCUT2D eigenvalue weighted by Crippen LogP contribution is 2.22. The van der Waals surface area contributed by atoms with Crippen LogP contribution in [0.2, 0.25) is 0 Å². The van der Waals surface area contributed by atoms with Gasteiger partial charge in [0.2, 0.25) is 5.89 Å². The predicted molar refractivity (Wildman–Crippen MR) is 84.2 cm³/mol. The second-order valence-corrected chi connectivity index (χ2v) is 5.29. The van der Waals surface area contributed by atoms with Crippen molar-refractivity contribution in [1.82, 2.24) is 9.55 Å². The zero-order valence-corrected chi connectivity index (χ0v) is 11.7. The van der Waals surface area contributed by atoms with Crippen molar-refractivity contribution in [2.24, 2.45) is 0 Å². The van der Waals surface area contributed by atoms with Crippen LogP contribution in [-0.2, 0) is 6.54 Å². The number of nitrogens with zero attached hydrogens (tertiary/aromatic N) is 2. The minimum Gasteiger partial charge on any atom is -0.439 e. The third-order valence-electron chi connectivity index (χ3n) is 3.79. The molecule has 2 aromatic heterocycles. The van der Waals surface area contributed by atoms with Crippen molar-refractivity contribution in [3.63, 3.8) is 0 Å². The van der Waals surface area contributed by atoms with Crippen LogP contribution in [0.15, 0.2) is 53.1 Å². The number of aryl methyl sites for hydroxylation is 1. The summed E-state index contributed by atoms with van der Waals surface area (Å²) in [5.74, 6) is 0.689. The van der Waals surface area contributed by atoms with E-state index in [0.29, 0.717) is 18.1 Å². The van der Waals surface area contributed by atoms with Gasteiger partial charge in [0, 0.05) is 22.8 Å². The fourth-order valence-corrected chi connectivity index (χ4v) is 2.72. The zero-order chi connectivity index (χ0) is 14.4. The molecule has 0 amide bonds. The molecule has 0 atom stereocenters. The molecule has 0 fully saturated rings. The Morgan fingerprint density at radius 1 is 1.19 bits per heavy atom. The highest BCUT2D eigenvalue weighted by molar-refractivity contribution is 5.83. The van der Waals surface area contributed by atoms with Crippen molar-refractivity contribution in [2.45, 2.75) is 13.5 Å². The molecule has 2 heterocycles. The van der Waals surface area contributed by atoms with E-state index in [1.54, 1.807) is 0 Å². The molecule has 0 aliphatic heterocycles. The van der Waals surface area contributed by atoms with E-state index in [1.807, 2.05) is 18.2 Å². The lowest BCUT2D eigenvalue weighted by Crippen LogP contribution is -1.97. The van der Waals surface area contributed by atoms with Crippen LogP contribution < -0.4 is 5.73 Å². The van der Waals surface area contributed by atoms with Gasteiger partial charge in [0.05, 0.1) is 6.54 Å². The first kappa shape index (κ1) is 12.0. The summed E-state index contributed by atoms with van der Waals surface area (Å²) in [6.07, 6.45) is 2.07. The monoisotopic (exact) mass is 277 g/mol. The van der Waals surface area contributed by atoms with E-state index in [4.69, 9.17) is 10.2 Å². The molecule has 0 aliphatic rings. The molecule has 4 heteroatoms. The van der Waals surface area contributed by atoms with Gasteiger partial charge >= 0.3 is 0 Å². The highest BCUT2D eigenvalue weighted by atomic mass is 16.3. The van der Waals surface area contributed by atoms with Crippen LogP contribution in [0.4, 0.5) is 5.69 Å². The molecule has 2 aromatic carbocycles. The fraction of sp³-hybridized carbons (Fsp3) is 0.118. The molecule has 104 valence electrons. The number of nitrogen functional groups attached to an aromatic ring is 1. The molecular weight excluding hydrogens is 262 g/mol. The van der Waals surface area contributed by atoms with Gasteiger partial charge in [-0.3, -0.25) is 0 Å². The zero-order valence-electron chi connectivity index (χ0n) is 11.7. The average molecular weight is 277 g/mol. The van der Waals surface area contributed by atoms with Crippen molar-refractivity contribution in [3.8, 4) is 0 Å². The van der Waals surface area contributed by atoms with Crippen molar-refractivity contribution >= 4 is 27.7 Å². The van der Waals surface area contributed by atoms with Gasteiger partial charge in [0.15, 0.2) is 5.58 Å². The van der Waals surface area contributed by atoms with Gasteiger partial charge in [-0.05, 0) is 42.8 Å². The van der Waals surface area contributed by atoms with Crippen molar-refractivity contribution in [1.29, 1.82) is 0 Å². The van der Waals surface area contributed by atoms with E-state index in [1.165, 1.54) is 16.5 Å². The van der Waals surface area contributed by atoms with Crippen LogP contribution in [0.3, 0.4) is 0 Å². The Kier molecular flexibility index (Phi) is 2.51. The molecule has 21 heavy (non-hydrogen) atoms. The molecule has 4 rings (SSSR count). The van der Waals surface area contributed by atoms with Crippen molar-refractivity contribution < 1.29 is 4.42 Å². The van der Waals surface area contributed by atoms with E-state index >= 15 is 0 Å². The van der Waals surface area contributed by atoms with Gasteiger partial charge < -0.3 is 14.7 Å². The van der Waals surface area contributed by atoms with Crippen LogP contribution >= 0.6 is 0 Å². The second-order valence-electron chi connectivity index (χ2n) is 5.29. The Hall–Kier alpha value is -2.75. The molecule has 0 bridgehead atoms. The third kappa shape index (κ3) is 1.96. The number of oxazole rings is 1. The Morgan fingerprint density at radius 2 is 2.10 bits per heavy atom. The molecule has 0 unspecified atom stereocenters. The van der Waals surface area contributed by atoms with Crippen molar-refractivity contribution in [2.75, 3.05) is 5.73 Å². The van der Waals surface area contributed by atoms with E-state index in [-0.39, 0.29) is 0 Å². The van der Waals surface area contributed by atoms with Crippen LogP contribution in [0.5, 0.6) is 0 Å².